The molecule has 184 valence electrons. The fraction of sp³-hybridized carbons (Fsp3) is 0.231. The molecule has 6 rings (SSSR count). The molecule has 0 unspecified atom stereocenters. The minimum atomic E-state index is -0.786. The fourth-order valence-electron chi connectivity index (χ4n) is 5.01. The molecule has 0 saturated heterocycles. The summed E-state index contributed by atoms with van der Waals surface area (Å²) in [6.45, 7) is 0.614. The minimum Gasteiger partial charge on any atom is -0.502 e. The molecule has 3 aliphatic heterocycles. The van der Waals surface area contributed by atoms with E-state index in [4.69, 9.17) is 4.74 Å². The summed E-state index contributed by atoms with van der Waals surface area (Å²) in [5.74, 6) is -1.43. The molecule has 10 heteroatoms. The molecule has 36 heavy (non-hydrogen) atoms. The highest BCUT2D eigenvalue weighted by Gasteiger charge is 2.40. The van der Waals surface area contributed by atoms with Crippen LogP contribution < -0.4 is 15.2 Å². The number of hydrogen-bond acceptors (Lipinski definition) is 6. The van der Waals surface area contributed by atoms with Gasteiger partial charge in [0.25, 0.3) is 5.91 Å². The standard InChI is InChI=1S/C26H21F2N3O4S/c27-17-7-8-20-21-16(17)13-36-25-15(5-4-6-18(25)28)22(21)31-14-29(10-2-1-3-12-35-20)26(34)23-24(33)19(32)9-11-30(23)31/h1,3-9,11,22,33H,2,10,12-14H2/b3-1-/t22-/m0/s1. The van der Waals surface area contributed by atoms with Crippen LogP contribution >= 0.6 is 11.8 Å². The minimum absolute atomic E-state index is 0.0582. The van der Waals surface area contributed by atoms with Gasteiger partial charge in [-0.2, -0.15) is 0 Å². The van der Waals surface area contributed by atoms with E-state index < -0.39 is 34.8 Å². The van der Waals surface area contributed by atoms with Crippen LogP contribution in [0.3, 0.4) is 0 Å². The topological polar surface area (TPSA) is 75.0 Å². The van der Waals surface area contributed by atoms with Gasteiger partial charge >= 0.3 is 0 Å². The molecular weight excluding hydrogens is 488 g/mol. The average molecular weight is 510 g/mol. The van der Waals surface area contributed by atoms with E-state index in [1.165, 1.54) is 45.7 Å². The lowest BCUT2D eigenvalue weighted by atomic mass is 9.92. The van der Waals surface area contributed by atoms with Gasteiger partial charge in [-0.05, 0) is 30.2 Å². The Balaban J connectivity index is 1.70. The SMILES string of the molecule is O=C1c2c(O)c(=O)ccn2N2CN1CC/C=C\COc1ccc(F)c3c1[C@@H]2c1cccc(F)c1SC3. The summed E-state index contributed by atoms with van der Waals surface area (Å²) in [7, 11) is 0. The van der Waals surface area contributed by atoms with Crippen molar-refractivity contribution in [3.63, 3.8) is 0 Å². The number of benzene rings is 2. The van der Waals surface area contributed by atoms with Gasteiger partial charge < -0.3 is 14.7 Å². The lowest BCUT2D eigenvalue weighted by Gasteiger charge is -2.44. The maximum absolute atomic E-state index is 15.3. The Morgan fingerprint density at radius 2 is 1.92 bits per heavy atom. The van der Waals surface area contributed by atoms with Crippen LogP contribution in [0.25, 0.3) is 0 Å². The molecule has 1 aromatic heterocycles. The first-order valence-corrected chi connectivity index (χ1v) is 12.5. The molecule has 1 amide bonds. The maximum atomic E-state index is 15.3. The van der Waals surface area contributed by atoms with E-state index in [0.29, 0.717) is 40.3 Å². The number of hydrogen-bond donors (Lipinski definition) is 1. The van der Waals surface area contributed by atoms with Crippen LogP contribution in [0, 0.1) is 11.6 Å². The summed E-state index contributed by atoms with van der Waals surface area (Å²) >= 11 is 1.20. The molecule has 3 aromatic rings. The van der Waals surface area contributed by atoms with E-state index >= 15 is 8.78 Å². The number of carbonyl (C=O) groups is 1. The number of aromatic hydroxyl groups is 1. The molecule has 1 N–H and O–H groups in total. The quantitative estimate of drug-likeness (QED) is 0.463. The number of rotatable bonds is 0. The van der Waals surface area contributed by atoms with Crippen molar-refractivity contribution < 1.29 is 23.4 Å². The Hall–Kier alpha value is -3.79. The first-order valence-electron chi connectivity index (χ1n) is 11.5. The number of halogens is 2. The number of thioether (sulfide) groups is 1. The first-order chi connectivity index (χ1) is 17.5. The average Bonchev–Trinajstić information content (AvgIpc) is 3.04. The normalized spacial score (nSPS) is 19.6. The Morgan fingerprint density at radius 1 is 1.06 bits per heavy atom. The highest BCUT2D eigenvalue weighted by atomic mass is 32.2. The first kappa shape index (κ1) is 22.7. The Labute approximate surface area is 209 Å². The zero-order valence-corrected chi connectivity index (χ0v) is 19.8. The van der Waals surface area contributed by atoms with Crippen LogP contribution in [-0.4, -0.2) is 40.4 Å². The molecule has 3 aliphatic rings. The number of fused-ring (bicyclic) bond motifs is 7. The monoisotopic (exact) mass is 509 g/mol. The van der Waals surface area contributed by atoms with E-state index in [-0.39, 0.29) is 24.7 Å². The zero-order chi connectivity index (χ0) is 25.0. The van der Waals surface area contributed by atoms with E-state index in [2.05, 4.69) is 0 Å². The summed E-state index contributed by atoms with van der Waals surface area (Å²) in [6, 6.07) is 8.01. The molecule has 7 nitrogen and oxygen atoms in total. The van der Waals surface area contributed by atoms with Gasteiger partial charge in [0, 0.05) is 40.6 Å². The van der Waals surface area contributed by atoms with Gasteiger partial charge in [-0.1, -0.05) is 24.3 Å². The van der Waals surface area contributed by atoms with Gasteiger partial charge in [0.15, 0.2) is 11.4 Å². The molecule has 0 radical (unpaired) electrons. The maximum Gasteiger partial charge on any atom is 0.277 e. The number of nitrogens with zero attached hydrogens (tertiary/aromatic N) is 3. The number of carbonyl (C=O) groups excluding carboxylic acids is 1. The van der Waals surface area contributed by atoms with Crippen LogP contribution in [0.15, 0.2) is 64.4 Å². The third-order valence-electron chi connectivity index (χ3n) is 6.69. The van der Waals surface area contributed by atoms with Gasteiger partial charge in [0.1, 0.15) is 36.7 Å². The summed E-state index contributed by atoms with van der Waals surface area (Å²) in [5, 5.41) is 12.4. The van der Waals surface area contributed by atoms with Gasteiger partial charge in [0.2, 0.25) is 5.43 Å². The third kappa shape index (κ3) is 3.47. The van der Waals surface area contributed by atoms with Crippen LogP contribution in [-0.2, 0) is 5.75 Å². The summed E-state index contributed by atoms with van der Waals surface area (Å²) in [5.41, 5.74) is 0.578. The van der Waals surface area contributed by atoms with Gasteiger partial charge in [-0.15, -0.1) is 11.8 Å². The second-order valence-electron chi connectivity index (χ2n) is 8.73. The second-order valence-corrected chi connectivity index (χ2v) is 9.72. The molecule has 2 bridgehead atoms. The summed E-state index contributed by atoms with van der Waals surface area (Å²) in [6.07, 6.45) is 5.64. The molecular formula is C26H21F2N3O4S. The van der Waals surface area contributed by atoms with Crippen LogP contribution in [0.2, 0.25) is 0 Å². The molecule has 0 spiro atoms. The van der Waals surface area contributed by atoms with E-state index in [0.717, 1.165) is 0 Å². The van der Waals surface area contributed by atoms with Gasteiger partial charge in [0.05, 0.1) is 0 Å². The molecule has 0 fully saturated rings. The fourth-order valence-corrected chi connectivity index (χ4v) is 6.15. The van der Waals surface area contributed by atoms with Crippen LogP contribution in [0.5, 0.6) is 11.5 Å². The molecule has 0 saturated carbocycles. The molecule has 0 aliphatic carbocycles. The van der Waals surface area contributed by atoms with Gasteiger partial charge in [-0.3, -0.25) is 19.3 Å². The van der Waals surface area contributed by atoms with E-state index in [1.807, 2.05) is 12.2 Å². The Morgan fingerprint density at radius 3 is 2.78 bits per heavy atom. The van der Waals surface area contributed by atoms with Crippen molar-refractivity contribution in [1.29, 1.82) is 0 Å². The highest BCUT2D eigenvalue weighted by molar-refractivity contribution is 7.98. The summed E-state index contributed by atoms with van der Waals surface area (Å²) < 4.78 is 37.9. The number of amides is 1. The highest BCUT2D eigenvalue weighted by Crippen LogP contribution is 2.47. The molecule has 1 atom stereocenters. The van der Waals surface area contributed by atoms with Crippen molar-refractivity contribution in [2.24, 2.45) is 0 Å². The van der Waals surface area contributed by atoms with E-state index in [1.54, 1.807) is 23.2 Å². The summed E-state index contributed by atoms with van der Waals surface area (Å²) in [4.78, 5) is 27.6. The van der Waals surface area contributed by atoms with Gasteiger partial charge in [-0.25, -0.2) is 8.78 Å². The lowest BCUT2D eigenvalue weighted by molar-refractivity contribution is 0.0682. The Bertz CT molecular complexity index is 1490. The van der Waals surface area contributed by atoms with Crippen molar-refractivity contribution in [3.8, 4) is 11.5 Å². The molecule has 4 heterocycles. The van der Waals surface area contributed by atoms with Crippen molar-refractivity contribution in [2.45, 2.75) is 23.1 Å². The number of aromatic nitrogens is 1. The van der Waals surface area contributed by atoms with Crippen molar-refractivity contribution in [3.05, 3.63) is 99.0 Å². The van der Waals surface area contributed by atoms with E-state index in [9.17, 15) is 14.7 Å². The number of ether oxygens (including phenoxy) is 1. The van der Waals surface area contributed by atoms with Crippen molar-refractivity contribution in [2.75, 3.05) is 24.8 Å². The predicted molar refractivity (Wildman–Crippen MR) is 130 cm³/mol. The second kappa shape index (κ2) is 8.70. The van der Waals surface area contributed by atoms with Crippen LogP contribution in [0.1, 0.15) is 39.6 Å². The number of pyridine rings is 1. The largest absolute Gasteiger partial charge is 0.502 e. The third-order valence-corrected chi connectivity index (χ3v) is 7.84. The smallest absolute Gasteiger partial charge is 0.277 e. The molecule has 2 aromatic carbocycles. The van der Waals surface area contributed by atoms with Crippen molar-refractivity contribution >= 4 is 17.7 Å². The van der Waals surface area contributed by atoms with Crippen molar-refractivity contribution in [1.82, 2.24) is 9.58 Å². The lowest BCUT2D eigenvalue weighted by Crippen LogP contribution is -2.55. The zero-order valence-electron chi connectivity index (χ0n) is 19.0. The predicted octanol–water partition coefficient (Wildman–Crippen LogP) is 3.92. The van der Waals surface area contributed by atoms with Crippen LogP contribution in [0.4, 0.5) is 8.78 Å². The Kier molecular flexibility index (Phi) is 5.48.